The fourth-order valence-corrected chi connectivity index (χ4v) is 2.24. The van der Waals surface area contributed by atoms with E-state index in [9.17, 15) is 4.39 Å². The average molecular weight is 294 g/mol. The lowest BCUT2D eigenvalue weighted by Gasteiger charge is -2.14. The number of halogens is 2. The summed E-state index contributed by atoms with van der Waals surface area (Å²) in [6.07, 6.45) is 0. The third-order valence-corrected chi connectivity index (χ3v) is 3.52. The van der Waals surface area contributed by atoms with Gasteiger partial charge in [-0.3, -0.25) is 0 Å². The van der Waals surface area contributed by atoms with Crippen LogP contribution in [0, 0.1) is 12.7 Å². The highest BCUT2D eigenvalue weighted by atomic mass is 79.9. The van der Waals surface area contributed by atoms with Gasteiger partial charge in [0, 0.05) is 4.47 Å². The molecule has 0 radical (unpaired) electrons. The van der Waals surface area contributed by atoms with E-state index < -0.39 is 0 Å². The van der Waals surface area contributed by atoms with E-state index in [0.29, 0.717) is 5.56 Å². The smallest absolute Gasteiger partial charge is 0.126 e. The third-order valence-electron chi connectivity index (χ3n) is 2.80. The minimum atomic E-state index is -0.319. The standard InChI is InChI=1S/C14H13BrFN/c1-9-6-7-10(8-13(9)16)14(17)11-4-2-3-5-12(11)15/h2-8,14H,17H2,1H3. The lowest BCUT2D eigenvalue weighted by atomic mass is 9.98. The van der Waals surface area contributed by atoms with Gasteiger partial charge in [0.25, 0.3) is 0 Å². The van der Waals surface area contributed by atoms with Crippen molar-refractivity contribution >= 4 is 15.9 Å². The van der Waals surface area contributed by atoms with Crippen molar-refractivity contribution in [1.29, 1.82) is 0 Å². The maximum Gasteiger partial charge on any atom is 0.126 e. The van der Waals surface area contributed by atoms with Gasteiger partial charge in [-0.25, -0.2) is 4.39 Å². The molecule has 88 valence electrons. The average Bonchev–Trinajstić information content (AvgIpc) is 2.32. The highest BCUT2D eigenvalue weighted by molar-refractivity contribution is 9.10. The Labute approximate surface area is 109 Å². The van der Waals surface area contributed by atoms with Gasteiger partial charge >= 0.3 is 0 Å². The predicted molar refractivity (Wildman–Crippen MR) is 71.3 cm³/mol. The van der Waals surface area contributed by atoms with Gasteiger partial charge in [-0.1, -0.05) is 46.3 Å². The molecule has 0 fully saturated rings. The van der Waals surface area contributed by atoms with Crippen LogP contribution in [-0.2, 0) is 0 Å². The Morgan fingerprint density at radius 2 is 1.88 bits per heavy atom. The van der Waals surface area contributed by atoms with Crippen LogP contribution in [0.25, 0.3) is 0 Å². The number of hydrogen-bond acceptors (Lipinski definition) is 1. The summed E-state index contributed by atoms with van der Waals surface area (Å²) in [5, 5.41) is 0. The molecule has 1 unspecified atom stereocenters. The molecule has 3 heteroatoms. The van der Waals surface area contributed by atoms with E-state index in [4.69, 9.17) is 5.73 Å². The first-order chi connectivity index (χ1) is 8.09. The molecule has 0 amide bonds. The highest BCUT2D eigenvalue weighted by Gasteiger charge is 2.12. The van der Waals surface area contributed by atoms with E-state index in [1.807, 2.05) is 30.3 Å². The minimum Gasteiger partial charge on any atom is -0.320 e. The lowest BCUT2D eigenvalue weighted by Crippen LogP contribution is -2.12. The van der Waals surface area contributed by atoms with Crippen molar-refractivity contribution in [3.63, 3.8) is 0 Å². The Morgan fingerprint density at radius 1 is 1.18 bits per heavy atom. The molecule has 17 heavy (non-hydrogen) atoms. The van der Waals surface area contributed by atoms with Gasteiger partial charge in [-0.05, 0) is 35.7 Å². The van der Waals surface area contributed by atoms with Gasteiger partial charge in [0.05, 0.1) is 6.04 Å². The Morgan fingerprint density at radius 3 is 2.53 bits per heavy atom. The summed E-state index contributed by atoms with van der Waals surface area (Å²) < 4.78 is 14.4. The summed E-state index contributed by atoms with van der Waals surface area (Å²) in [4.78, 5) is 0. The fraction of sp³-hybridized carbons (Fsp3) is 0.143. The largest absolute Gasteiger partial charge is 0.320 e. The van der Waals surface area contributed by atoms with Gasteiger partial charge in [0.2, 0.25) is 0 Å². The molecule has 0 heterocycles. The van der Waals surface area contributed by atoms with Crippen LogP contribution in [0.4, 0.5) is 4.39 Å². The molecule has 2 rings (SSSR count). The lowest BCUT2D eigenvalue weighted by molar-refractivity contribution is 0.614. The molecule has 0 saturated carbocycles. The zero-order valence-electron chi connectivity index (χ0n) is 9.45. The van der Waals surface area contributed by atoms with Gasteiger partial charge < -0.3 is 5.73 Å². The van der Waals surface area contributed by atoms with Gasteiger partial charge in [-0.2, -0.15) is 0 Å². The summed E-state index contributed by atoms with van der Waals surface area (Å²) in [6, 6.07) is 12.5. The van der Waals surface area contributed by atoms with Crippen LogP contribution in [0.1, 0.15) is 22.7 Å². The molecule has 0 spiro atoms. The van der Waals surface area contributed by atoms with Crippen LogP contribution < -0.4 is 5.73 Å². The van der Waals surface area contributed by atoms with Crippen LogP contribution in [-0.4, -0.2) is 0 Å². The molecule has 0 saturated heterocycles. The second kappa shape index (κ2) is 4.98. The summed E-state index contributed by atoms with van der Waals surface area (Å²) in [5.41, 5.74) is 8.50. The maximum atomic E-state index is 13.5. The van der Waals surface area contributed by atoms with E-state index in [1.54, 1.807) is 13.0 Å². The van der Waals surface area contributed by atoms with Crippen molar-refractivity contribution in [3.05, 3.63) is 69.4 Å². The van der Waals surface area contributed by atoms with Crippen molar-refractivity contribution in [3.8, 4) is 0 Å². The van der Waals surface area contributed by atoms with Crippen LogP contribution in [0.3, 0.4) is 0 Å². The van der Waals surface area contributed by atoms with Gasteiger partial charge in [0.15, 0.2) is 0 Å². The highest BCUT2D eigenvalue weighted by Crippen LogP contribution is 2.27. The molecular weight excluding hydrogens is 281 g/mol. The molecule has 2 N–H and O–H groups in total. The van der Waals surface area contributed by atoms with Crippen LogP contribution in [0.2, 0.25) is 0 Å². The molecule has 0 aromatic heterocycles. The van der Waals surface area contributed by atoms with Crippen LogP contribution in [0.15, 0.2) is 46.9 Å². The quantitative estimate of drug-likeness (QED) is 0.892. The molecule has 0 bridgehead atoms. The molecule has 0 aliphatic rings. The van der Waals surface area contributed by atoms with E-state index in [1.165, 1.54) is 6.07 Å². The monoisotopic (exact) mass is 293 g/mol. The maximum absolute atomic E-state index is 13.5. The van der Waals surface area contributed by atoms with Crippen LogP contribution in [0.5, 0.6) is 0 Å². The number of nitrogens with two attached hydrogens (primary N) is 1. The molecule has 2 aromatic carbocycles. The first-order valence-corrected chi connectivity index (χ1v) is 6.15. The van der Waals surface area contributed by atoms with E-state index in [2.05, 4.69) is 15.9 Å². The normalized spacial score (nSPS) is 12.5. The molecule has 2 aromatic rings. The topological polar surface area (TPSA) is 26.0 Å². The third kappa shape index (κ3) is 2.56. The number of aryl methyl sites for hydroxylation is 1. The van der Waals surface area contributed by atoms with Crippen molar-refractivity contribution < 1.29 is 4.39 Å². The molecule has 0 aliphatic carbocycles. The summed E-state index contributed by atoms with van der Waals surface area (Å²) in [7, 11) is 0. The first-order valence-electron chi connectivity index (χ1n) is 5.35. The molecule has 0 aliphatic heterocycles. The Bertz CT molecular complexity index is 539. The van der Waals surface area contributed by atoms with Crippen molar-refractivity contribution in [1.82, 2.24) is 0 Å². The second-order valence-electron chi connectivity index (χ2n) is 4.01. The Kier molecular flexibility index (Phi) is 3.60. The minimum absolute atomic E-state index is 0.218. The molecular formula is C14H13BrFN. The zero-order chi connectivity index (χ0) is 12.4. The van der Waals surface area contributed by atoms with Crippen molar-refractivity contribution in [2.75, 3.05) is 0 Å². The SMILES string of the molecule is Cc1ccc(C(N)c2ccccc2Br)cc1F. The van der Waals surface area contributed by atoms with E-state index in [0.717, 1.165) is 15.6 Å². The number of hydrogen-bond donors (Lipinski definition) is 1. The van der Waals surface area contributed by atoms with Crippen molar-refractivity contribution in [2.45, 2.75) is 13.0 Å². The van der Waals surface area contributed by atoms with Crippen molar-refractivity contribution in [2.24, 2.45) is 5.73 Å². The van der Waals surface area contributed by atoms with E-state index >= 15 is 0 Å². The van der Waals surface area contributed by atoms with Crippen LogP contribution >= 0.6 is 15.9 Å². The van der Waals surface area contributed by atoms with E-state index in [-0.39, 0.29) is 11.9 Å². The fourth-order valence-electron chi connectivity index (χ4n) is 1.71. The number of rotatable bonds is 2. The Balaban J connectivity index is 2.40. The zero-order valence-corrected chi connectivity index (χ0v) is 11.0. The second-order valence-corrected chi connectivity index (χ2v) is 4.86. The summed E-state index contributed by atoms with van der Waals surface area (Å²) in [6.45, 7) is 1.74. The summed E-state index contributed by atoms with van der Waals surface area (Å²) >= 11 is 3.45. The predicted octanol–water partition coefficient (Wildman–Crippen LogP) is 3.94. The summed E-state index contributed by atoms with van der Waals surface area (Å²) in [5.74, 6) is -0.218. The first kappa shape index (κ1) is 12.3. The Hall–Kier alpha value is -1.19. The van der Waals surface area contributed by atoms with Gasteiger partial charge in [-0.15, -0.1) is 0 Å². The molecule has 1 atom stereocenters. The molecule has 1 nitrogen and oxygen atoms in total. The number of benzene rings is 2. The van der Waals surface area contributed by atoms with Gasteiger partial charge in [0.1, 0.15) is 5.82 Å².